The summed E-state index contributed by atoms with van der Waals surface area (Å²) < 4.78 is 0. The number of aromatic nitrogens is 1. The second-order valence-corrected chi connectivity index (χ2v) is 5.15. The number of carbonyl (C=O) groups is 1. The minimum atomic E-state index is -0.521. The van der Waals surface area contributed by atoms with Crippen molar-refractivity contribution in [2.24, 2.45) is 5.73 Å². The van der Waals surface area contributed by atoms with Crippen molar-refractivity contribution >= 4 is 17.4 Å². The summed E-state index contributed by atoms with van der Waals surface area (Å²) in [5.74, 6) is 0.204. The third-order valence-electron chi connectivity index (χ3n) is 3.73. The lowest BCUT2D eigenvalue weighted by Crippen LogP contribution is -2.37. The number of primary amides is 1. The molecule has 0 bridgehead atoms. The molecule has 1 aliphatic heterocycles. The normalized spacial score (nSPS) is 19.6. The Morgan fingerprint density at radius 1 is 1.63 bits per heavy atom. The van der Waals surface area contributed by atoms with Crippen LogP contribution in [0.1, 0.15) is 23.2 Å². The number of anilines is 2. The number of amides is 1. The fourth-order valence-corrected chi connectivity index (χ4v) is 2.50. The van der Waals surface area contributed by atoms with Crippen LogP contribution in [-0.4, -0.2) is 49.0 Å². The van der Waals surface area contributed by atoms with Crippen LogP contribution in [0.2, 0.25) is 0 Å². The molecule has 0 spiro atoms. The Bertz CT molecular complexity index is 476. The highest BCUT2D eigenvalue weighted by Gasteiger charge is 2.22. The van der Waals surface area contributed by atoms with Gasteiger partial charge < -0.3 is 21.3 Å². The van der Waals surface area contributed by atoms with Gasteiger partial charge in [-0.25, -0.2) is 4.98 Å². The third kappa shape index (κ3) is 2.96. The van der Waals surface area contributed by atoms with Crippen LogP contribution in [0.25, 0.3) is 0 Å². The maximum Gasteiger partial charge on any atom is 0.250 e. The molecule has 1 fully saturated rings. The predicted molar refractivity (Wildman–Crippen MR) is 76.1 cm³/mol. The summed E-state index contributed by atoms with van der Waals surface area (Å²) in [6, 6.07) is 2.19. The molecule has 0 radical (unpaired) electrons. The van der Waals surface area contributed by atoms with Gasteiger partial charge in [-0.05, 0) is 32.5 Å². The highest BCUT2D eigenvalue weighted by Crippen LogP contribution is 2.20. The number of likely N-dealkylation sites (tertiary alicyclic amines) is 1. The molecule has 1 aromatic rings. The number of carbonyl (C=O) groups excluding carboxylic acids is 1. The van der Waals surface area contributed by atoms with E-state index in [0.717, 1.165) is 18.9 Å². The second-order valence-electron chi connectivity index (χ2n) is 5.15. The molecule has 6 nitrogen and oxygen atoms in total. The molecule has 2 heterocycles. The topological polar surface area (TPSA) is 88.5 Å². The first kappa shape index (κ1) is 13.6. The third-order valence-corrected chi connectivity index (χ3v) is 3.73. The minimum absolute atomic E-state index is 0.322. The first-order valence-corrected chi connectivity index (χ1v) is 6.45. The molecule has 1 atom stereocenters. The Balaban J connectivity index is 2.12. The van der Waals surface area contributed by atoms with Gasteiger partial charge in [0.05, 0.1) is 17.4 Å². The molecule has 0 saturated carbocycles. The van der Waals surface area contributed by atoms with Gasteiger partial charge in [0.25, 0.3) is 5.91 Å². The van der Waals surface area contributed by atoms with E-state index in [0.29, 0.717) is 17.3 Å². The lowest BCUT2D eigenvalue weighted by atomic mass is 10.2. The Labute approximate surface area is 113 Å². The van der Waals surface area contributed by atoms with E-state index in [4.69, 9.17) is 11.5 Å². The number of rotatable bonds is 4. The molecule has 0 aromatic carbocycles. The lowest BCUT2D eigenvalue weighted by molar-refractivity contribution is 0.100. The Morgan fingerprint density at radius 3 is 2.95 bits per heavy atom. The van der Waals surface area contributed by atoms with Gasteiger partial charge in [-0.3, -0.25) is 4.79 Å². The van der Waals surface area contributed by atoms with Gasteiger partial charge in [-0.2, -0.15) is 0 Å². The predicted octanol–water partition coefficient (Wildman–Crippen LogP) is 0.293. The van der Waals surface area contributed by atoms with Crippen LogP contribution in [-0.2, 0) is 0 Å². The number of likely N-dealkylation sites (N-methyl/N-ethyl adjacent to an activating group) is 2. The van der Waals surface area contributed by atoms with Crippen molar-refractivity contribution in [2.45, 2.75) is 18.9 Å². The molecule has 4 N–H and O–H groups in total. The van der Waals surface area contributed by atoms with Crippen LogP contribution in [0.15, 0.2) is 12.3 Å². The van der Waals surface area contributed by atoms with Gasteiger partial charge in [0, 0.05) is 19.6 Å². The van der Waals surface area contributed by atoms with E-state index in [-0.39, 0.29) is 0 Å². The zero-order valence-corrected chi connectivity index (χ0v) is 11.5. The van der Waals surface area contributed by atoms with Gasteiger partial charge in [-0.15, -0.1) is 0 Å². The maximum atomic E-state index is 11.3. The Hall–Kier alpha value is -1.82. The average Bonchev–Trinajstić information content (AvgIpc) is 2.75. The largest absolute Gasteiger partial charge is 0.397 e. The van der Waals surface area contributed by atoms with Crippen molar-refractivity contribution in [1.29, 1.82) is 0 Å². The fourth-order valence-electron chi connectivity index (χ4n) is 2.50. The van der Waals surface area contributed by atoms with Gasteiger partial charge in [0.15, 0.2) is 0 Å². The SMILES string of the molecule is CN(CC1CCCN1C)c1cc(C(N)=O)c(N)cn1. The highest BCUT2D eigenvalue weighted by molar-refractivity contribution is 5.98. The lowest BCUT2D eigenvalue weighted by Gasteiger charge is -2.26. The van der Waals surface area contributed by atoms with Crippen molar-refractivity contribution in [3.8, 4) is 0 Å². The number of nitrogens with zero attached hydrogens (tertiary/aromatic N) is 3. The van der Waals surface area contributed by atoms with Crippen molar-refractivity contribution in [3.05, 3.63) is 17.8 Å². The molecule has 0 aliphatic carbocycles. The van der Waals surface area contributed by atoms with Gasteiger partial charge in [0.2, 0.25) is 0 Å². The quantitative estimate of drug-likeness (QED) is 0.815. The number of pyridine rings is 1. The minimum Gasteiger partial charge on any atom is -0.397 e. The Morgan fingerprint density at radius 2 is 2.37 bits per heavy atom. The fraction of sp³-hybridized carbons (Fsp3) is 0.538. The van der Waals surface area contributed by atoms with E-state index in [1.165, 1.54) is 19.0 Å². The molecular formula is C13H21N5O. The molecule has 19 heavy (non-hydrogen) atoms. The molecule has 6 heteroatoms. The van der Waals surface area contributed by atoms with Crippen molar-refractivity contribution in [2.75, 3.05) is 37.8 Å². The maximum absolute atomic E-state index is 11.3. The van der Waals surface area contributed by atoms with Crippen LogP contribution in [0.3, 0.4) is 0 Å². The monoisotopic (exact) mass is 263 g/mol. The Kier molecular flexibility index (Phi) is 3.90. The van der Waals surface area contributed by atoms with E-state index in [1.807, 2.05) is 11.9 Å². The molecule has 1 unspecified atom stereocenters. The van der Waals surface area contributed by atoms with Crippen LogP contribution >= 0.6 is 0 Å². The molecule has 1 amide bonds. The molecular weight excluding hydrogens is 242 g/mol. The van der Waals surface area contributed by atoms with Crippen molar-refractivity contribution in [3.63, 3.8) is 0 Å². The molecule has 1 aromatic heterocycles. The van der Waals surface area contributed by atoms with Crippen molar-refractivity contribution < 1.29 is 4.79 Å². The number of nitrogen functional groups attached to an aromatic ring is 1. The summed E-state index contributed by atoms with van der Waals surface area (Å²) in [6.45, 7) is 2.02. The molecule has 1 saturated heterocycles. The van der Waals surface area contributed by atoms with E-state index < -0.39 is 5.91 Å². The van der Waals surface area contributed by atoms with Gasteiger partial charge in [-0.1, -0.05) is 0 Å². The zero-order chi connectivity index (χ0) is 14.0. The van der Waals surface area contributed by atoms with Crippen LogP contribution in [0, 0.1) is 0 Å². The standard InChI is InChI=1S/C13H21N5O/c1-17-5-3-4-9(17)8-18(2)12-6-10(13(15)19)11(14)7-16-12/h6-7,9H,3-5,8,14H2,1-2H3,(H2,15,19). The summed E-state index contributed by atoms with van der Waals surface area (Å²) in [5, 5.41) is 0. The highest BCUT2D eigenvalue weighted by atomic mass is 16.1. The first-order chi connectivity index (χ1) is 8.99. The van der Waals surface area contributed by atoms with E-state index >= 15 is 0 Å². The average molecular weight is 263 g/mol. The molecule has 2 rings (SSSR count). The summed E-state index contributed by atoms with van der Waals surface area (Å²) >= 11 is 0. The summed E-state index contributed by atoms with van der Waals surface area (Å²) in [5.41, 5.74) is 11.6. The smallest absolute Gasteiger partial charge is 0.250 e. The number of hydrogen-bond donors (Lipinski definition) is 2. The number of nitrogens with two attached hydrogens (primary N) is 2. The summed E-state index contributed by atoms with van der Waals surface area (Å²) in [4.78, 5) is 19.9. The molecule has 1 aliphatic rings. The van der Waals surface area contributed by atoms with Gasteiger partial charge >= 0.3 is 0 Å². The van der Waals surface area contributed by atoms with Crippen LogP contribution in [0.4, 0.5) is 11.5 Å². The van der Waals surface area contributed by atoms with Crippen LogP contribution in [0.5, 0.6) is 0 Å². The van der Waals surface area contributed by atoms with Gasteiger partial charge in [0.1, 0.15) is 5.82 Å². The number of hydrogen-bond acceptors (Lipinski definition) is 5. The van der Waals surface area contributed by atoms with E-state index in [1.54, 1.807) is 6.07 Å². The second kappa shape index (κ2) is 5.44. The summed E-state index contributed by atoms with van der Waals surface area (Å²) in [6.07, 6.45) is 3.92. The molecule has 104 valence electrons. The van der Waals surface area contributed by atoms with E-state index in [2.05, 4.69) is 16.9 Å². The van der Waals surface area contributed by atoms with Crippen LogP contribution < -0.4 is 16.4 Å². The van der Waals surface area contributed by atoms with E-state index in [9.17, 15) is 4.79 Å². The zero-order valence-electron chi connectivity index (χ0n) is 11.5. The van der Waals surface area contributed by atoms with Crippen molar-refractivity contribution in [1.82, 2.24) is 9.88 Å². The first-order valence-electron chi connectivity index (χ1n) is 6.45. The summed E-state index contributed by atoms with van der Waals surface area (Å²) in [7, 11) is 4.10.